The summed E-state index contributed by atoms with van der Waals surface area (Å²) in [7, 11) is -3.51. The van der Waals surface area contributed by atoms with Gasteiger partial charge in [0.15, 0.2) is 0 Å². The number of thioether (sulfide) groups is 1. The van der Waals surface area contributed by atoms with Crippen LogP contribution in [-0.4, -0.2) is 54.4 Å². The lowest BCUT2D eigenvalue weighted by molar-refractivity contribution is -0.117. The number of carbonyl (C=O) groups excluding carboxylic acids is 2. The zero-order chi connectivity index (χ0) is 22.0. The van der Waals surface area contributed by atoms with Gasteiger partial charge in [-0.2, -0.15) is 4.31 Å². The maximum Gasteiger partial charge on any atom is 0.244 e. The molecule has 2 aromatic rings. The number of aromatic nitrogens is 1. The third-order valence-electron chi connectivity index (χ3n) is 5.38. The van der Waals surface area contributed by atoms with E-state index in [1.807, 2.05) is 25.1 Å². The number of carbonyl (C=O) groups is 2. The zero-order valence-corrected chi connectivity index (χ0v) is 18.8. The van der Waals surface area contributed by atoms with Crippen molar-refractivity contribution in [1.82, 2.24) is 9.29 Å². The first kappa shape index (κ1) is 21.8. The van der Waals surface area contributed by atoms with E-state index in [-0.39, 0.29) is 34.9 Å². The number of sulfonamides is 1. The molecule has 4 rings (SSSR count). The predicted octanol–water partition coefficient (Wildman–Crippen LogP) is 2.72. The number of nitrogens with one attached hydrogen (secondary N) is 1. The Balaban J connectivity index is 1.46. The van der Waals surface area contributed by atoms with Gasteiger partial charge < -0.3 is 10.2 Å². The van der Waals surface area contributed by atoms with Crippen LogP contribution in [0.15, 0.2) is 52.5 Å². The van der Waals surface area contributed by atoms with E-state index in [1.54, 1.807) is 23.1 Å². The standard InChI is InChI=1S/C21H24N4O4S2/c1-15-12-19(26)23-17-6-2-3-7-18(17)25(15)21(27)14-30-20-9-8-16(13-22-20)31(28,29)24-10-4-5-11-24/h2-3,6-9,13,15H,4-5,10-12,14H2,1H3,(H,23,26)/t15-/m1/s1. The van der Waals surface area contributed by atoms with E-state index in [2.05, 4.69) is 10.3 Å². The number of hydrogen-bond donors (Lipinski definition) is 1. The molecule has 0 radical (unpaired) electrons. The second kappa shape index (κ2) is 8.97. The molecule has 2 aliphatic heterocycles. The molecule has 1 N–H and O–H groups in total. The molecule has 0 aliphatic carbocycles. The van der Waals surface area contributed by atoms with Crippen LogP contribution >= 0.6 is 11.8 Å². The highest BCUT2D eigenvalue weighted by atomic mass is 32.2. The lowest BCUT2D eigenvalue weighted by Gasteiger charge is -2.27. The summed E-state index contributed by atoms with van der Waals surface area (Å²) >= 11 is 1.24. The summed E-state index contributed by atoms with van der Waals surface area (Å²) in [4.78, 5) is 31.2. The maximum atomic E-state index is 13.0. The van der Waals surface area contributed by atoms with Gasteiger partial charge in [-0.1, -0.05) is 23.9 Å². The molecule has 10 heteroatoms. The Morgan fingerprint density at radius 2 is 1.94 bits per heavy atom. The third kappa shape index (κ3) is 4.60. The maximum absolute atomic E-state index is 13.0. The summed E-state index contributed by atoms with van der Waals surface area (Å²) in [6, 6.07) is 10.1. The summed E-state index contributed by atoms with van der Waals surface area (Å²) in [5, 5.41) is 3.41. The van der Waals surface area contributed by atoms with Crippen molar-refractivity contribution < 1.29 is 18.0 Å². The van der Waals surface area contributed by atoms with Gasteiger partial charge in [0.2, 0.25) is 21.8 Å². The molecule has 0 saturated carbocycles. The van der Waals surface area contributed by atoms with Gasteiger partial charge >= 0.3 is 0 Å². The lowest BCUT2D eigenvalue weighted by Crippen LogP contribution is -2.40. The molecule has 31 heavy (non-hydrogen) atoms. The Morgan fingerprint density at radius 3 is 2.65 bits per heavy atom. The van der Waals surface area contributed by atoms with Crippen LogP contribution < -0.4 is 10.2 Å². The van der Waals surface area contributed by atoms with Crippen molar-refractivity contribution in [2.45, 2.75) is 42.1 Å². The molecule has 1 aromatic heterocycles. The van der Waals surface area contributed by atoms with Crippen LogP contribution in [0.5, 0.6) is 0 Å². The summed E-state index contributed by atoms with van der Waals surface area (Å²) in [5.74, 6) is -0.144. The highest BCUT2D eigenvalue weighted by Crippen LogP contribution is 2.32. The van der Waals surface area contributed by atoms with Crippen LogP contribution in [-0.2, 0) is 19.6 Å². The first-order valence-corrected chi connectivity index (χ1v) is 12.6. The van der Waals surface area contributed by atoms with Crippen molar-refractivity contribution in [1.29, 1.82) is 0 Å². The molecule has 1 atom stereocenters. The van der Waals surface area contributed by atoms with Crippen molar-refractivity contribution >= 4 is 45.0 Å². The van der Waals surface area contributed by atoms with E-state index in [9.17, 15) is 18.0 Å². The van der Waals surface area contributed by atoms with Crippen molar-refractivity contribution in [2.24, 2.45) is 0 Å². The smallest absolute Gasteiger partial charge is 0.244 e. The molecule has 1 aromatic carbocycles. The lowest BCUT2D eigenvalue weighted by atomic mass is 10.2. The monoisotopic (exact) mass is 460 g/mol. The van der Waals surface area contributed by atoms with E-state index >= 15 is 0 Å². The fraction of sp³-hybridized carbons (Fsp3) is 0.381. The van der Waals surface area contributed by atoms with Crippen LogP contribution in [0.1, 0.15) is 26.2 Å². The van der Waals surface area contributed by atoms with E-state index in [0.29, 0.717) is 29.5 Å². The van der Waals surface area contributed by atoms with E-state index in [0.717, 1.165) is 12.8 Å². The Kier molecular flexibility index (Phi) is 6.31. The predicted molar refractivity (Wildman–Crippen MR) is 120 cm³/mol. The van der Waals surface area contributed by atoms with E-state index in [4.69, 9.17) is 0 Å². The van der Waals surface area contributed by atoms with Crippen molar-refractivity contribution in [3.8, 4) is 0 Å². The highest BCUT2D eigenvalue weighted by molar-refractivity contribution is 7.99. The number of fused-ring (bicyclic) bond motifs is 1. The number of amides is 2. The first-order valence-electron chi connectivity index (χ1n) is 10.2. The topological polar surface area (TPSA) is 99.7 Å². The third-order valence-corrected chi connectivity index (χ3v) is 8.19. The Hall–Kier alpha value is -2.43. The van der Waals surface area contributed by atoms with Crippen LogP contribution in [0.4, 0.5) is 11.4 Å². The first-order chi connectivity index (χ1) is 14.9. The molecule has 2 aliphatic rings. The molecule has 2 amide bonds. The van der Waals surface area contributed by atoms with Gasteiger partial charge in [-0.3, -0.25) is 9.59 Å². The molecular weight excluding hydrogens is 436 g/mol. The van der Waals surface area contributed by atoms with Crippen molar-refractivity contribution in [3.05, 3.63) is 42.6 Å². The molecule has 8 nitrogen and oxygen atoms in total. The minimum atomic E-state index is -3.51. The quantitative estimate of drug-likeness (QED) is 0.689. The Labute approximate surface area is 186 Å². The molecule has 3 heterocycles. The van der Waals surface area contributed by atoms with E-state index in [1.165, 1.54) is 22.3 Å². The highest BCUT2D eigenvalue weighted by Gasteiger charge is 2.30. The number of para-hydroxylation sites is 2. The second-order valence-corrected chi connectivity index (χ2v) is 10.5. The summed E-state index contributed by atoms with van der Waals surface area (Å²) in [5.41, 5.74) is 1.29. The van der Waals surface area contributed by atoms with Crippen LogP contribution in [0.2, 0.25) is 0 Å². The summed E-state index contributed by atoms with van der Waals surface area (Å²) in [6.07, 6.45) is 3.32. The number of nitrogens with zero attached hydrogens (tertiary/aromatic N) is 3. The molecule has 0 bridgehead atoms. The fourth-order valence-corrected chi connectivity index (χ4v) is 6.02. The van der Waals surface area contributed by atoms with Crippen LogP contribution in [0.25, 0.3) is 0 Å². The average molecular weight is 461 g/mol. The van der Waals surface area contributed by atoms with Gasteiger partial charge in [-0.05, 0) is 44.0 Å². The van der Waals surface area contributed by atoms with Crippen molar-refractivity contribution in [3.63, 3.8) is 0 Å². The molecular formula is C21H24N4O4S2. The molecule has 1 saturated heterocycles. The van der Waals surface area contributed by atoms with Gasteiger partial charge in [-0.25, -0.2) is 13.4 Å². The minimum Gasteiger partial charge on any atom is -0.324 e. The van der Waals surface area contributed by atoms with Crippen molar-refractivity contribution in [2.75, 3.05) is 29.1 Å². The van der Waals surface area contributed by atoms with E-state index < -0.39 is 10.0 Å². The fourth-order valence-electron chi connectivity index (χ4n) is 3.86. The number of benzene rings is 1. The summed E-state index contributed by atoms with van der Waals surface area (Å²) < 4.78 is 26.7. The molecule has 0 unspecified atom stereocenters. The Morgan fingerprint density at radius 1 is 1.19 bits per heavy atom. The number of pyridine rings is 1. The second-order valence-electron chi connectivity index (χ2n) is 7.61. The molecule has 164 valence electrons. The van der Waals surface area contributed by atoms with Gasteiger partial charge in [0.1, 0.15) is 4.90 Å². The zero-order valence-electron chi connectivity index (χ0n) is 17.2. The van der Waals surface area contributed by atoms with Gasteiger partial charge in [0, 0.05) is 31.7 Å². The molecule has 0 spiro atoms. The van der Waals surface area contributed by atoms with Gasteiger partial charge in [-0.15, -0.1) is 0 Å². The normalized spacial score (nSPS) is 19.6. The number of hydrogen-bond acceptors (Lipinski definition) is 6. The van der Waals surface area contributed by atoms with Crippen LogP contribution in [0.3, 0.4) is 0 Å². The summed E-state index contributed by atoms with van der Waals surface area (Å²) in [6.45, 7) is 2.93. The Bertz CT molecular complexity index is 1080. The van der Waals surface area contributed by atoms with Gasteiger partial charge in [0.25, 0.3) is 0 Å². The minimum absolute atomic E-state index is 0.123. The SMILES string of the molecule is C[C@@H]1CC(=O)Nc2ccccc2N1C(=O)CSc1ccc(S(=O)(=O)N2CCCC2)cn1. The largest absolute Gasteiger partial charge is 0.324 e. The van der Waals surface area contributed by atoms with Crippen LogP contribution in [0, 0.1) is 0 Å². The average Bonchev–Trinajstić information content (AvgIpc) is 3.26. The number of rotatable bonds is 5. The molecule has 1 fully saturated rings. The van der Waals surface area contributed by atoms with Gasteiger partial charge in [0.05, 0.1) is 22.2 Å². The number of anilines is 2.